The molecule has 4 nitrogen and oxygen atoms in total. The number of methoxy groups -OCH3 is 1. The zero-order chi connectivity index (χ0) is 14.4. The Labute approximate surface area is 118 Å². The number of aromatic nitrogens is 2. The van der Waals surface area contributed by atoms with Gasteiger partial charge < -0.3 is 10.1 Å². The first kappa shape index (κ1) is 14.4. The Morgan fingerprint density at radius 3 is 2.75 bits per heavy atom. The van der Waals surface area contributed by atoms with E-state index in [1.807, 2.05) is 19.1 Å². The van der Waals surface area contributed by atoms with Crippen molar-refractivity contribution in [2.75, 3.05) is 13.7 Å². The van der Waals surface area contributed by atoms with Crippen LogP contribution in [0.15, 0.2) is 36.8 Å². The quantitative estimate of drug-likeness (QED) is 0.880. The van der Waals surface area contributed by atoms with Crippen LogP contribution in [0.2, 0.25) is 0 Å². The number of nitrogens with one attached hydrogen (secondary N) is 1. The molecule has 0 bridgehead atoms. The maximum atomic E-state index is 13.3. The second-order valence-corrected chi connectivity index (χ2v) is 4.46. The van der Waals surface area contributed by atoms with Crippen molar-refractivity contribution in [1.29, 1.82) is 0 Å². The summed E-state index contributed by atoms with van der Waals surface area (Å²) < 4.78 is 18.3. The molecule has 0 amide bonds. The van der Waals surface area contributed by atoms with Gasteiger partial charge in [0.1, 0.15) is 5.82 Å². The summed E-state index contributed by atoms with van der Waals surface area (Å²) in [5.41, 5.74) is 1.89. The number of rotatable bonds is 6. The van der Waals surface area contributed by atoms with E-state index in [1.54, 1.807) is 19.5 Å². The van der Waals surface area contributed by atoms with E-state index in [2.05, 4.69) is 15.3 Å². The number of hydrogen-bond acceptors (Lipinski definition) is 4. The molecule has 0 aliphatic heterocycles. The molecule has 1 unspecified atom stereocenters. The van der Waals surface area contributed by atoms with E-state index >= 15 is 0 Å². The van der Waals surface area contributed by atoms with Gasteiger partial charge in [-0.3, -0.25) is 4.98 Å². The smallest absolute Gasteiger partial charge is 0.212 e. The lowest BCUT2D eigenvalue weighted by Crippen LogP contribution is -2.23. The molecule has 0 saturated carbocycles. The van der Waals surface area contributed by atoms with Crippen molar-refractivity contribution in [3.05, 3.63) is 53.7 Å². The molecule has 2 aromatic rings. The number of hydrogen-bond donors (Lipinski definition) is 1. The lowest BCUT2D eigenvalue weighted by Gasteiger charge is -2.18. The van der Waals surface area contributed by atoms with Crippen molar-refractivity contribution in [1.82, 2.24) is 15.3 Å². The first-order chi connectivity index (χ1) is 9.72. The second-order valence-electron chi connectivity index (χ2n) is 4.46. The fraction of sp³-hybridized carbons (Fsp3) is 0.333. The molecule has 0 aliphatic rings. The maximum absolute atomic E-state index is 13.3. The molecule has 2 heterocycles. The maximum Gasteiger partial charge on any atom is 0.212 e. The van der Waals surface area contributed by atoms with Gasteiger partial charge in [0.25, 0.3) is 0 Å². The third kappa shape index (κ3) is 3.74. The summed E-state index contributed by atoms with van der Waals surface area (Å²) in [5, 5.41) is 3.34. The highest BCUT2D eigenvalue weighted by Crippen LogP contribution is 2.19. The Morgan fingerprint density at radius 2 is 2.15 bits per heavy atom. The van der Waals surface area contributed by atoms with Gasteiger partial charge in [-0.15, -0.1) is 0 Å². The third-order valence-corrected chi connectivity index (χ3v) is 3.03. The summed E-state index contributed by atoms with van der Waals surface area (Å²) in [6.45, 7) is 2.82. The zero-order valence-electron chi connectivity index (χ0n) is 11.6. The average Bonchev–Trinajstić information content (AvgIpc) is 2.47. The highest BCUT2D eigenvalue weighted by molar-refractivity contribution is 5.22. The molecule has 1 N–H and O–H groups in total. The van der Waals surface area contributed by atoms with Gasteiger partial charge in [0.2, 0.25) is 5.88 Å². The van der Waals surface area contributed by atoms with Crippen LogP contribution in [0.4, 0.5) is 4.39 Å². The van der Waals surface area contributed by atoms with Crippen LogP contribution in [0.3, 0.4) is 0 Å². The van der Waals surface area contributed by atoms with Crippen LogP contribution in [-0.4, -0.2) is 23.6 Å². The molecular formula is C15H18FN3O. The lowest BCUT2D eigenvalue weighted by atomic mass is 10.0. The van der Waals surface area contributed by atoms with Gasteiger partial charge in [0.05, 0.1) is 13.3 Å². The van der Waals surface area contributed by atoms with Gasteiger partial charge in [0, 0.05) is 24.5 Å². The molecular weight excluding hydrogens is 257 g/mol. The van der Waals surface area contributed by atoms with Gasteiger partial charge in [-0.2, -0.15) is 0 Å². The molecule has 1 atom stereocenters. The van der Waals surface area contributed by atoms with E-state index in [4.69, 9.17) is 4.74 Å². The molecule has 0 fully saturated rings. The van der Waals surface area contributed by atoms with Crippen LogP contribution < -0.4 is 10.1 Å². The number of pyridine rings is 2. The Kier molecular flexibility index (Phi) is 5.01. The molecule has 2 aromatic heterocycles. The molecule has 106 valence electrons. The summed E-state index contributed by atoms with van der Waals surface area (Å²) in [6.07, 6.45) is 5.39. The van der Waals surface area contributed by atoms with E-state index in [0.717, 1.165) is 24.1 Å². The van der Waals surface area contributed by atoms with Crippen LogP contribution in [0.25, 0.3) is 0 Å². The van der Waals surface area contributed by atoms with Crippen molar-refractivity contribution in [3.63, 3.8) is 0 Å². The van der Waals surface area contributed by atoms with Gasteiger partial charge in [-0.1, -0.05) is 13.0 Å². The minimum Gasteiger partial charge on any atom is -0.481 e. The fourth-order valence-electron chi connectivity index (χ4n) is 2.06. The minimum absolute atomic E-state index is 0.0124. The van der Waals surface area contributed by atoms with E-state index in [9.17, 15) is 4.39 Å². The van der Waals surface area contributed by atoms with Crippen LogP contribution in [0.5, 0.6) is 5.88 Å². The van der Waals surface area contributed by atoms with Crippen molar-refractivity contribution in [2.45, 2.75) is 19.4 Å². The van der Waals surface area contributed by atoms with E-state index in [-0.39, 0.29) is 11.9 Å². The normalized spacial score (nSPS) is 12.2. The van der Waals surface area contributed by atoms with Crippen LogP contribution in [0.1, 0.15) is 24.1 Å². The van der Waals surface area contributed by atoms with Crippen molar-refractivity contribution in [3.8, 4) is 5.88 Å². The third-order valence-electron chi connectivity index (χ3n) is 3.03. The lowest BCUT2D eigenvalue weighted by molar-refractivity contribution is 0.397. The van der Waals surface area contributed by atoms with Crippen molar-refractivity contribution >= 4 is 0 Å². The van der Waals surface area contributed by atoms with E-state index in [0.29, 0.717) is 5.88 Å². The molecule has 20 heavy (non-hydrogen) atoms. The molecule has 0 aliphatic carbocycles. The van der Waals surface area contributed by atoms with Gasteiger partial charge in [-0.05, 0) is 30.2 Å². The summed E-state index contributed by atoms with van der Waals surface area (Å²) in [6, 6.07) is 5.31. The number of ether oxygens (including phenoxy) is 1. The summed E-state index contributed by atoms with van der Waals surface area (Å²) in [5.74, 6) is 0.263. The first-order valence-electron chi connectivity index (χ1n) is 6.55. The number of nitrogens with zero attached hydrogens (tertiary/aromatic N) is 2. The largest absolute Gasteiger partial charge is 0.481 e. The number of halogens is 1. The predicted molar refractivity (Wildman–Crippen MR) is 75.1 cm³/mol. The summed E-state index contributed by atoms with van der Waals surface area (Å²) in [7, 11) is 1.59. The number of likely N-dealkylation sites (N-methyl/N-ethyl adjacent to an activating group) is 1. The van der Waals surface area contributed by atoms with E-state index in [1.165, 1.54) is 12.3 Å². The molecule has 0 spiro atoms. The van der Waals surface area contributed by atoms with Crippen LogP contribution in [-0.2, 0) is 6.42 Å². The molecule has 0 saturated heterocycles. The Morgan fingerprint density at radius 1 is 1.30 bits per heavy atom. The topological polar surface area (TPSA) is 47.0 Å². The summed E-state index contributed by atoms with van der Waals surface area (Å²) in [4.78, 5) is 8.09. The van der Waals surface area contributed by atoms with E-state index < -0.39 is 0 Å². The monoisotopic (exact) mass is 275 g/mol. The molecule has 0 radical (unpaired) electrons. The van der Waals surface area contributed by atoms with Crippen molar-refractivity contribution in [2.24, 2.45) is 0 Å². The highest BCUT2D eigenvalue weighted by Gasteiger charge is 2.12. The fourth-order valence-corrected chi connectivity index (χ4v) is 2.06. The van der Waals surface area contributed by atoms with Gasteiger partial charge in [0.15, 0.2) is 0 Å². The van der Waals surface area contributed by atoms with Crippen LogP contribution in [0, 0.1) is 5.82 Å². The molecule has 0 aromatic carbocycles. The SMILES string of the molecule is CCNC(Cc1ccc(OC)nc1)c1cncc(F)c1. The average molecular weight is 275 g/mol. The summed E-state index contributed by atoms with van der Waals surface area (Å²) >= 11 is 0. The van der Waals surface area contributed by atoms with Crippen molar-refractivity contribution < 1.29 is 9.13 Å². The highest BCUT2D eigenvalue weighted by atomic mass is 19.1. The Hall–Kier alpha value is -2.01. The van der Waals surface area contributed by atoms with Gasteiger partial charge >= 0.3 is 0 Å². The minimum atomic E-state index is -0.321. The molecule has 2 rings (SSSR count). The predicted octanol–water partition coefficient (Wildman–Crippen LogP) is 2.52. The second kappa shape index (κ2) is 6.96. The first-order valence-corrected chi connectivity index (χ1v) is 6.55. The Balaban J connectivity index is 2.16. The Bertz CT molecular complexity index is 545. The standard InChI is InChI=1S/C15H18FN3O/c1-3-18-14(12-7-13(16)10-17-9-12)6-11-4-5-15(20-2)19-8-11/h4-5,7-10,14,18H,3,6H2,1-2H3. The van der Waals surface area contributed by atoms with Crippen LogP contribution >= 0.6 is 0 Å². The van der Waals surface area contributed by atoms with Gasteiger partial charge in [-0.25, -0.2) is 9.37 Å². The molecule has 5 heteroatoms. The zero-order valence-corrected chi connectivity index (χ0v) is 11.6.